The van der Waals surface area contributed by atoms with Gasteiger partial charge in [0.05, 0.1) is 5.56 Å². The first-order chi connectivity index (χ1) is 9.65. The van der Waals surface area contributed by atoms with Gasteiger partial charge in [0.2, 0.25) is 5.91 Å². The van der Waals surface area contributed by atoms with Crippen LogP contribution in [-0.4, -0.2) is 25.0 Å². The second-order valence-electron chi connectivity index (χ2n) is 4.12. The molecule has 0 aromatic heterocycles. The lowest BCUT2D eigenvalue weighted by molar-refractivity contribution is -0.137. The van der Waals surface area contributed by atoms with Crippen molar-refractivity contribution in [1.82, 2.24) is 10.6 Å². The van der Waals surface area contributed by atoms with E-state index in [-0.39, 0.29) is 10.7 Å². The van der Waals surface area contributed by atoms with E-state index < -0.39 is 29.7 Å². The minimum absolute atomic E-state index is 0.0738. The summed E-state index contributed by atoms with van der Waals surface area (Å²) in [5.74, 6) is -0.766. The average Bonchev–Trinajstić information content (AvgIpc) is 2.39. The van der Waals surface area contributed by atoms with Gasteiger partial charge < -0.3 is 10.6 Å². The summed E-state index contributed by atoms with van der Waals surface area (Å²) in [4.78, 5) is 22.6. The van der Waals surface area contributed by atoms with Crippen LogP contribution in [0.1, 0.15) is 12.5 Å². The fourth-order valence-electron chi connectivity index (χ4n) is 1.46. The highest BCUT2D eigenvalue weighted by Crippen LogP contribution is 2.36. The summed E-state index contributed by atoms with van der Waals surface area (Å²) in [6.07, 6.45) is -4.62. The largest absolute Gasteiger partial charge is 0.418 e. The Morgan fingerprint density at radius 1 is 1.29 bits per heavy atom. The van der Waals surface area contributed by atoms with Gasteiger partial charge >= 0.3 is 12.2 Å². The van der Waals surface area contributed by atoms with Crippen molar-refractivity contribution >= 4 is 29.2 Å². The summed E-state index contributed by atoms with van der Waals surface area (Å²) in [7, 11) is 1.31. The van der Waals surface area contributed by atoms with Crippen LogP contribution in [0.25, 0.3) is 0 Å². The van der Waals surface area contributed by atoms with Crippen molar-refractivity contribution in [3.8, 4) is 0 Å². The molecule has 3 N–H and O–H groups in total. The van der Waals surface area contributed by atoms with Gasteiger partial charge in [-0.3, -0.25) is 10.1 Å². The number of carbonyl (C=O) groups is 2. The molecule has 1 unspecified atom stereocenters. The summed E-state index contributed by atoms with van der Waals surface area (Å²) in [6, 6.07) is 1.34. The van der Waals surface area contributed by atoms with Crippen LogP contribution in [-0.2, 0) is 11.0 Å². The van der Waals surface area contributed by atoms with Gasteiger partial charge in [0.1, 0.15) is 6.04 Å². The highest BCUT2D eigenvalue weighted by atomic mass is 35.5. The monoisotopic (exact) mass is 323 g/mol. The number of anilines is 1. The normalized spacial score (nSPS) is 12.5. The Morgan fingerprint density at radius 3 is 2.43 bits per heavy atom. The molecule has 1 atom stereocenters. The van der Waals surface area contributed by atoms with Crippen molar-refractivity contribution in [2.75, 3.05) is 12.4 Å². The van der Waals surface area contributed by atoms with E-state index in [0.717, 1.165) is 12.1 Å². The van der Waals surface area contributed by atoms with Gasteiger partial charge in [0.25, 0.3) is 0 Å². The Balaban J connectivity index is 2.92. The lowest BCUT2D eigenvalue weighted by atomic mass is 10.1. The average molecular weight is 324 g/mol. The van der Waals surface area contributed by atoms with Gasteiger partial charge in [-0.05, 0) is 25.1 Å². The van der Waals surface area contributed by atoms with Gasteiger partial charge in [0.15, 0.2) is 0 Å². The maximum Gasteiger partial charge on any atom is 0.418 e. The zero-order valence-electron chi connectivity index (χ0n) is 11.1. The van der Waals surface area contributed by atoms with E-state index in [1.165, 1.54) is 20.0 Å². The molecule has 0 aliphatic rings. The molecule has 5 nitrogen and oxygen atoms in total. The van der Waals surface area contributed by atoms with Crippen LogP contribution in [0, 0.1) is 0 Å². The molecule has 0 bridgehead atoms. The van der Waals surface area contributed by atoms with Crippen LogP contribution in [0.3, 0.4) is 0 Å². The molecule has 3 amide bonds. The minimum atomic E-state index is -4.62. The molecular formula is C12H13ClF3N3O2. The van der Waals surface area contributed by atoms with Crippen LogP contribution in [0.2, 0.25) is 5.02 Å². The molecule has 0 radical (unpaired) electrons. The third-order valence-corrected chi connectivity index (χ3v) is 2.75. The number of hydrogen-bond donors (Lipinski definition) is 3. The van der Waals surface area contributed by atoms with Gasteiger partial charge in [-0.15, -0.1) is 0 Å². The van der Waals surface area contributed by atoms with Crippen LogP contribution < -0.4 is 16.0 Å². The molecule has 0 aliphatic heterocycles. The van der Waals surface area contributed by atoms with Crippen molar-refractivity contribution in [3.63, 3.8) is 0 Å². The molecule has 0 fully saturated rings. The maximum atomic E-state index is 12.9. The number of benzene rings is 1. The number of urea groups is 1. The standard InChI is InChI=1S/C12H13ClF3N3O2/c1-6(10(20)19-11(21)17-2)18-9-4-3-7(13)5-8(9)12(14,15)16/h3-6,18H,1-2H3,(H2,17,19,20,21). The smallest absolute Gasteiger partial charge is 0.373 e. The molecular weight excluding hydrogens is 311 g/mol. The van der Waals surface area contributed by atoms with Crippen molar-refractivity contribution in [2.24, 2.45) is 0 Å². The molecule has 116 valence electrons. The molecule has 1 aromatic carbocycles. The van der Waals surface area contributed by atoms with Gasteiger partial charge in [-0.1, -0.05) is 11.6 Å². The Labute approximate surface area is 123 Å². The Morgan fingerprint density at radius 2 is 1.90 bits per heavy atom. The number of rotatable bonds is 3. The van der Waals surface area contributed by atoms with E-state index in [1.54, 1.807) is 0 Å². The lowest BCUT2D eigenvalue weighted by Crippen LogP contribution is -2.44. The van der Waals surface area contributed by atoms with Crippen LogP contribution in [0.5, 0.6) is 0 Å². The second-order valence-corrected chi connectivity index (χ2v) is 4.56. The first-order valence-corrected chi connectivity index (χ1v) is 6.18. The topological polar surface area (TPSA) is 70.2 Å². The fraction of sp³-hybridized carbons (Fsp3) is 0.333. The number of nitrogens with one attached hydrogen (secondary N) is 3. The van der Waals surface area contributed by atoms with Gasteiger partial charge in [0, 0.05) is 17.8 Å². The molecule has 1 rings (SSSR count). The van der Waals surface area contributed by atoms with Crippen molar-refractivity contribution in [2.45, 2.75) is 19.1 Å². The molecule has 1 aromatic rings. The summed E-state index contributed by atoms with van der Waals surface area (Å²) < 4.78 is 38.6. The number of amides is 3. The van der Waals surface area contributed by atoms with E-state index >= 15 is 0 Å². The first-order valence-electron chi connectivity index (χ1n) is 5.81. The van der Waals surface area contributed by atoms with Crippen LogP contribution in [0.4, 0.5) is 23.7 Å². The highest BCUT2D eigenvalue weighted by molar-refractivity contribution is 6.30. The Hall–Kier alpha value is -1.96. The fourth-order valence-corrected chi connectivity index (χ4v) is 1.63. The molecule has 0 saturated heterocycles. The molecule has 21 heavy (non-hydrogen) atoms. The van der Waals surface area contributed by atoms with Crippen molar-refractivity contribution < 1.29 is 22.8 Å². The third-order valence-electron chi connectivity index (χ3n) is 2.52. The SMILES string of the molecule is CNC(=O)NC(=O)C(C)Nc1ccc(Cl)cc1C(F)(F)F. The van der Waals surface area contributed by atoms with Crippen LogP contribution >= 0.6 is 11.6 Å². The third kappa shape index (κ3) is 4.82. The van der Waals surface area contributed by atoms with E-state index in [9.17, 15) is 22.8 Å². The number of halogens is 4. The Kier molecular flexibility index (Phi) is 5.42. The Bertz CT molecular complexity index is 549. The van der Waals surface area contributed by atoms with Crippen LogP contribution in [0.15, 0.2) is 18.2 Å². The molecule has 0 aliphatic carbocycles. The number of carbonyl (C=O) groups excluding carboxylic acids is 2. The van der Waals surface area contributed by atoms with Gasteiger partial charge in [-0.25, -0.2) is 4.79 Å². The number of hydrogen-bond acceptors (Lipinski definition) is 3. The summed E-state index contributed by atoms with van der Waals surface area (Å²) >= 11 is 5.55. The predicted molar refractivity (Wildman–Crippen MR) is 72.1 cm³/mol. The maximum absolute atomic E-state index is 12.9. The van der Waals surface area contributed by atoms with Crippen molar-refractivity contribution in [1.29, 1.82) is 0 Å². The molecule has 0 heterocycles. The zero-order chi connectivity index (χ0) is 16.2. The quantitative estimate of drug-likeness (QED) is 0.801. The van der Waals surface area contributed by atoms with E-state index in [2.05, 4.69) is 10.6 Å². The summed E-state index contributed by atoms with van der Waals surface area (Å²) in [5.41, 5.74) is -1.29. The predicted octanol–water partition coefficient (Wildman–Crippen LogP) is 2.61. The first kappa shape index (κ1) is 17.1. The number of imide groups is 1. The van der Waals surface area contributed by atoms with E-state index in [1.807, 2.05) is 5.32 Å². The molecule has 9 heteroatoms. The van der Waals surface area contributed by atoms with E-state index in [4.69, 9.17) is 11.6 Å². The number of alkyl halides is 3. The van der Waals surface area contributed by atoms with Crippen molar-refractivity contribution in [3.05, 3.63) is 28.8 Å². The van der Waals surface area contributed by atoms with E-state index in [0.29, 0.717) is 0 Å². The molecule has 0 saturated carbocycles. The highest BCUT2D eigenvalue weighted by Gasteiger charge is 2.34. The lowest BCUT2D eigenvalue weighted by Gasteiger charge is -2.19. The molecule has 0 spiro atoms. The van der Waals surface area contributed by atoms with Gasteiger partial charge in [-0.2, -0.15) is 13.2 Å². The second kappa shape index (κ2) is 6.66. The zero-order valence-corrected chi connectivity index (χ0v) is 11.9. The summed E-state index contributed by atoms with van der Waals surface area (Å²) in [6.45, 7) is 1.33. The minimum Gasteiger partial charge on any atom is -0.373 e. The summed E-state index contributed by atoms with van der Waals surface area (Å²) in [5, 5.41) is 6.45.